The quantitative estimate of drug-likeness (QED) is 0.770. The lowest BCUT2D eigenvalue weighted by Gasteiger charge is -2.13. The number of ether oxygens (including phenoxy) is 1. The van der Waals surface area contributed by atoms with Crippen molar-refractivity contribution in [2.75, 3.05) is 7.11 Å². The molecule has 0 aliphatic heterocycles. The van der Waals surface area contributed by atoms with Crippen molar-refractivity contribution in [2.24, 2.45) is 5.73 Å². The van der Waals surface area contributed by atoms with E-state index in [1.54, 1.807) is 0 Å². The molecule has 0 bridgehead atoms. The van der Waals surface area contributed by atoms with E-state index in [1.165, 1.54) is 12.7 Å². The van der Waals surface area contributed by atoms with Crippen LogP contribution in [0.15, 0.2) is 18.2 Å². The molecule has 0 radical (unpaired) electrons. The molecule has 0 saturated heterocycles. The van der Waals surface area contributed by atoms with Crippen molar-refractivity contribution in [3.8, 4) is 0 Å². The SMILES string of the molecule is COC(=O)CC(N)c1ccc(C)cc1C. The Balaban J connectivity index is 2.82. The number of esters is 1. The predicted molar refractivity (Wildman–Crippen MR) is 59.5 cm³/mol. The van der Waals surface area contributed by atoms with E-state index in [-0.39, 0.29) is 18.4 Å². The maximum absolute atomic E-state index is 11.1. The van der Waals surface area contributed by atoms with Crippen molar-refractivity contribution in [2.45, 2.75) is 26.3 Å². The van der Waals surface area contributed by atoms with E-state index >= 15 is 0 Å². The smallest absolute Gasteiger partial charge is 0.307 e. The Kier molecular flexibility index (Phi) is 3.86. The third-order valence-corrected chi connectivity index (χ3v) is 2.44. The van der Waals surface area contributed by atoms with E-state index in [1.807, 2.05) is 26.0 Å². The molecule has 1 atom stereocenters. The second-order valence-electron chi connectivity index (χ2n) is 3.75. The molecule has 3 nitrogen and oxygen atoms in total. The Labute approximate surface area is 90.2 Å². The van der Waals surface area contributed by atoms with Crippen molar-refractivity contribution >= 4 is 5.97 Å². The average Bonchev–Trinajstić information content (AvgIpc) is 2.17. The summed E-state index contributed by atoms with van der Waals surface area (Å²) in [5.41, 5.74) is 9.24. The number of aryl methyl sites for hydroxylation is 2. The third-order valence-electron chi connectivity index (χ3n) is 2.44. The number of hydrogen-bond donors (Lipinski definition) is 1. The van der Waals surface area contributed by atoms with Crippen LogP contribution in [-0.4, -0.2) is 13.1 Å². The van der Waals surface area contributed by atoms with Crippen LogP contribution >= 0.6 is 0 Å². The van der Waals surface area contributed by atoms with Gasteiger partial charge in [-0.2, -0.15) is 0 Å². The average molecular weight is 207 g/mol. The molecule has 0 spiro atoms. The molecule has 0 amide bonds. The molecule has 1 aromatic carbocycles. The topological polar surface area (TPSA) is 52.3 Å². The summed E-state index contributed by atoms with van der Waals surface area (Å²) in [6.07, 6.45) is 0.223. The fourth-order valence-electron chi connectivity index (χ4n) is 1.61. The van der Waals surface area contributed by atoms with Gasteiger partial charge in [0.2, 0.25) is 0 Å². The highest BCUT2D eigenvalue weighted by Gasteiger charge is 2.13. The number of carbonyl (C=O) groups is 1. The van der Waals surface area contributed by atoms with Gasteiger partial charge in [0.25, 0.3) is 0 Å². The molecule has 1 rings (SSSR count). The van der Waals surface area contributed by atoms with Gasteiger partial charge in [-0.05, 0) is 25.0 Å². The van der Waals surface area contributed by atoms with Crippen LogP contribution in [0, 0.1) is 13.8 Å². The molecule has 0 aliphatic carbocycles. The van der Waals surface area contributed by atoms with Gasteiger partial charge >= 0.3 is 5.97 Å². The van der Waals surface area contributed by atoms with Crippen LogP contribution in [0.2, 0.25) is 0 Å². The van der Waals surface area contributed by atoms with Crippen LogP contribution in [-0.2, 0) is 9.53 Å². The lowest BCUT2D eigenvalue weighted by atomic mass is 9.98. The number of hydrogen-bond acceptors (Lipinski definition) is 3. The van der Waals surface area contributed by atoms with Crippen LogP contribution < -0.4 is 5.73 Å². The van der Waals surface area contributed by atoms with Crippen molar-refractivity contribution in [1.82, 2.24) is 0 Å². The van der Waals surface area contributed by atoms with E-state index < -0.39 is 0 Å². The molecular formula is C12H17NO2. The van der Waals surface area contributed by atoms with Crippen LogP contribution in [0.4, 0.5) is 0 Å². The van der Waals surface area contributed by atoms with Crippen molar-refractivity contribution in [3.05, 3.63) is 34.9 Å². The minimum absolute atomic E-state index is 0.223. The van der Waals surface area contributed by atoms with Gasteiger partial charge in [-0.25, -0.2) is 0 Å². The Hall–Kier alpha value is -1.35. The zero-order valence-electron chi connectivity index (χ0n) is 9.41. The van der Waals surface area contributed by atoms with E-state index in [2.05, 4.69) is 10.8 Å². The number of nitrogens with two attached hydrogens (primary N) is 1. The third kappa shape index (κ3) is 3.06. The fraction of sp³-hybridized carbons (Fsp3) is 0.417. The standard InChI is InChI=1S/C12H17NO2/c1-8-4-5-10(9(2)6-8)11(13)7-12(14)15-3/h4-6,11H,7,13H2,1-3H3. The molecular weight excluding hydrogens is 190 g/mol. The van der Waals surface area contributed by atoms with Crippen molar-refractivity contribution in [1.29, 1.82) is 0 Å². The van der Waals surface area contributed by atoms with Gasteiger partial charge in [-0.3, -0.25) is 4.79 Å². The van der Waals surface area contributed by atoms with Gasteiger partial charge in [0.15, 0.2) is 0 Å². The zero-order chi connectivity index (χ0) is 11.4. The number of benzene rings is 1. The zero-order valence-corrected chi connectivity index (χ0v) is 9.41. The summed E-state index contributed by atoms with van der Waals surface area (Å²) in [5.74, 6) is -0.275. The lowest BCUT2D eigenvalue weighted by molar-refractivity contribution is -0.141. The first kappa shape index (κ1) is 11.7. The molecule has 0 heterocycles. The molecule has 15 heavy (non-hydrogen) atoms. The number of carbonyl (C=O) groups excluding carboxylic acids is 1. The van der Waals surface area contributed by atoms with E-state index in [4.69, 9.17) is 5.73 Å². The van der Waals surface area contributed by atoms with Crippen LogP contribution in [0.3, 0.4) is 0 Å². The Morgan fingerprint density at radius 1 is 1.47 bits per heavy atom. The minimum Gasteiger partial charge on any atom is -0.469 e. The first-order valence-electron chi connectivity index (χ1n) is 4.94. The summed E-state index contributed by atoms with van der Waals surface area (Å²) in [6.45, 7) is 4.03. The fourth-order valence-corrected chi connectivity index (χ4v) is 1.61. The molecule has 0 aliphatic rings. The Bertz CT molecular complexity index is 361. The van der Waals surface area contributed by atoms with Crippen molar-refractivity contribution in [3.63, 3.8) is 0 Å². The molecule has 1 aromatic rings. The number of rotatable bonds is 3. The largest absolute Gasteiger partial charge is 0.469 e. The summed E-state index contributed by atoms with van der Waals surface area (Å²) in [7, 11) is 1.37. The predicted octanol–water partition coefficient (Wildman–Crippen LogP) is 1.87. The van der Waals surface area contributed by atoms with E-state index in [0.717, 1.165) is 11.1 Å². The Morgan fingerprint density at radius 3 is 2.67 bits per heavy atom. The summed E-state index contributed by atoms with van der Waals surface area (Å²) < 4.78 is 4.59. The summed E-state index contributed by atoms with van der Waals surface area (Å²) in [6, 6.07) is 5.75. The molecule has 3 heteroatoms. The summed E-state index contributed by atoms with van der Waals surface area (Å²) >= 11 is 0. The first-order valence-corrected chi connectivity index (χ1v) is 4.94. The highest BCUT2D eigenvalue weighted by atomic mass is 16.5. The lowest BCUT2D eigenvalue weighted by Crippen LogP contribution is -2.17. The van der Waals surface area contributed by atoms with E-state index in [9.17, 15) is 4.79 Å². The molecule has 2 N–H and O–H groups in total. The second-order valence-corrected chi connectivity index (χ2v) is 3.75. The summed E-state index contributed by atoms with van der Waals surface area (Å²) in [5, 5.41) is 0. The minimum atomic E-state index is -0.280. The highest BCUT2D eigenvalue weighted by Crippen LogP contribution is 2.19. The monoisotopic (exact) mass is 207 g/mol. The maximum atomic E-state index is 11.1. The molecule has 0 aromatic heterocycles. The molecule has 0 fully saturated rings. The second kappa shape index (κ2) is 4.94. The molecule has 1 unspecified atom stereocenters. The normalized spacial score (nSPS) is 12.3. The maximum Gasteiger partial charge on any atom is 0.307 e. The van der Waals surface area contributed by atoms with Crippen LogP contribution in [0.25, 0.3) is 0 Å². The number of methoxy groups -OCH3 is 1. The van der Waals surface area contributed by atoms with Crippen LogP contribution in [0.1, 0.15) is 29.2 Å². The molecule has 82 valence electrons. The van der Waals surface area contributed by atoms with E-state index in [0.29, 0.717) is 0 Å². The van der Waals surface area contributed by atoms with Crippen molar-refractivity contribution < 1.29 is 9.53 Å². The van der Waals surface area contributed by atoms with Gasteiger partial charge in [-0.1, -0.05) is 23.8 Å². The first-order chi connectivity index (χ1) is 7.04. The van der Waals surface area contributed by atoms with Gasteiger partial charge in [0.05, 0.1) is 13.5 Å². The summed E-state index contributed by atoms with van der Waals surface area (Å²) in [4.78, 5) is 11.1. The molecule has 0 saturated carbocycles. The Morgan fingerprint density at radius 2 is 2.13 bits per heavy atom. The van der Waals surface area contributed by atoms with Crippen LogP contribution in [0.5, 0.6) is 0 Å². The highest BCUT2D eigenvalue weighted by molar-refractivity contribution is 5.70. The van der Waals surface area contributed by atoms with Gasteiger partial charge in [0.1, 0.15) is 0 Å². The van der Waals surface area contributed by atoms with Gasteiger partial charge in [-0.15, -0.1) is 0 Å². The van der Waals surface area contributed by atoms with Gasteiger partial charge < -0.3 is 10.5 Å². The van der Waals surface area contributed by atoms with Gasteiger partial charge in [0, 0.05) is 6.04 Å².